The van der Waals surface area contributed by atoms with Gasteiger partial charge in [0.1, 0.15) is 0 Å². The Morgan fingerprint density at radius 1 is 1.47 bits per heavy atom. The summed E-state index contributed by atoms with van der Waals surface area (Å²) in [7, 11) is 0. The maximum Gasteiger partial charge on any atom is 0.304 e. The Balaban J connectivity index is 2.27. The van der Waals surface area contributed by atoms with Crippen LogP contribution in [-0.4, -0.2) is 60.3 Å². The zero-order chi connectivity index (χ0) is 14.3. The minimum Gasteiger partial charge on any atom is -0.481 e. The van der Waals surface area contributed by atoms with Gasteiger partial charge in [0.05, 0.1) is 19.1 Å². The molecule has 1 fully saturated rings. The molecule has 1 aliphatic rings. The minimum atomic E-state index is -0.842. The molecule has 1 atom stereocenters. The summed E-state index contributed by atoms with van der Waals surface area (Å²) < 4.78 is 5.43. The lowest BCUT2D eigenvalue weighted by Gasteiger charge is -2.25. The van der Waals surface area contributed by atoms with Crippen molar-refractivity contribution >= 4 is 11.9 Å². The Morgan fingerprint density at radius 2 is 2.21 bits per heavy atom. The summed E-state index contributed by atoms with van der Waals surface area (Å²) in [6.07, 6.45) is 2.23. The lowest BCUT2D eigenvalue weighted by Crippen LogP contribution is -2.43. The smallest absolute Gasteiger partial charge is 0.304 e. The Kier molecular flexibility index (Phi) is 6.80. The number of nitrogens with zero attached hydrogens (tertiary/aromatic N) is 1. The average molecular weight is 272 g/mol. The van der Waals surface area contributed by atoms with Gasteiger partial charge in [0.15, 0.2) is 0 Å². The van der Waals surface area contributed by atoms with E-state index in [0.717, 1.165) is 19.4 Å². The minimum absolute atomic E-state index is 0.0528. The van der Waals surface area contributed by atoms with E-state index in [4.69, 9.17) is 9.84 Å². The number of nitrogens with one attached hydrogen (secondary N) is 1. The number of amides is 1. The predicted molar refractivity (Wildman–Crippen MR) is 70.9 cm³/mol. The molecule has 1 saturated heterocycles. The molecule has 0 aromatic heterocycles. The van der Waals surface area contributed by atoms with Gasteiger partial charge in [0.25, 0.3) is 0 Å². The Bertz CT molecular complexity index is 301. The van der Waals surface area contributed by atoms with Crippen LogP contribution < -0.4 is 5.32 Å². The monoisotopic (exact) mass is 272 g/mol. The third-order valence-electron chi connectivity index (χ3n) is 3.24. The van der Waals surface area contributed by atoms with E-state index in [-0.39, 0.29) is 31.0 Å². The Morgan fingerprint density at radius 3 is 2.74 bits per heavy atom. The van der Waals surface area contributed by atoms with Crippen molar-refractivity contribution in [3.05, 3.63) is 0 Å². The zero-order valence-corrected chi connectivity index (χ0v) is 11.7. The van der Waals surface area contributed by atoms with Crippen molar-refractivity contribution in [3.63, 3.8) is 0 Å². The molecule has 1 unspecified atom stereocenters. The summed E-state index contributed by atoms with van der Waals surface area (Å²) in [4.78, 5) is 24.2. The van der Waals surface area contributed by atoms with Crippen LogP contribution in [-0.2, 0) is 14.3 Å². The van der Waals surface area contributed by atoms with E-state index in [1.54, 1.807) is 0 Å². The van der Waals surface area contributed by atoms with Crippen LogP contribution >= 0.6 is 0 Å². The van der Waals surface area contributed by atoms with Gasteiger partial charge in [0.2, 0.25) is 5.91 Å². The molecule has 1 amide bonds. The molecule has 0 saturated carbocycles. The fourth-order valence-electron chi connectivity index (χ4n) is 2.03. The van der Waals surface area contributed by atoms with Crippen molar-refractivity contribution in [2.24, 2.45) is 0 Å². The molecule has 1 heterocycles. The second kappa shape index (κ2) is 8.12. The highest BCUT2D eigenvalue weighted by Crippen LogP contribution is 2.10. The van der Waals surface area contributed by atoms with Crippen molar-refractivity contribution in [1.29, 1.82) is 0 Å². The molecule has 110 valence electrons. The van der Waals surface area contributed by atoms with Gasteiger partial charge in [-0.1, -0.05) is 0 Å². The number of hydrogen-bond donors (Lipinski definition) is 2. The van der Waals surface area contributed by atoms with Crippen LogP contribution in [0.4, 0.5) is 0 Å². The molecule has 0 aromatic rings. The fraction of sp³-hybridized carbons (Fsp3) is 0.846. The maximum atomic E-state index is 11.8. The first kappa shape index (κ1) is 15.9. The number of aliphatic carboxylic acids is 1. The normalized spacial score (nSPS) is 19.1. The molecular formula is C13H24N2O4. The van der Waals surface area contributed by atoms with E-state index in [1.165, 1.54) is 0 Å². The van der Waals surface area contributed by atoms with E-state index in [1.807, 2.05) is 18.7 Å². The lowest BCUT2D eigenvalue weighted by molar-refractivity contribution is -0.138. The third-order valence-corrected chi connectivity index (χ3v) is 3.24. The van der Waals surface area contributed by atoms with Crippen LogP contribution in [0.15, 0.2) is 0 Å². The van der Waals surface area contributed by atoms with Crippen LogP contribution in [0, 0.1) is 0 Å². The van der Waals surface area contributed by atoms with Gasteiger partial charge in [-0.15, -0.1) is 0 Å². The van der Waals surface area contributed by atoms with E-state index in [9.17, 15) is 9.59 Å². The molecule has 0 spiro atoms. The van der Waals surface area contributed by atoms with E-state index >= 15 is 0 Å². The van der Waals surface area contributed by atoms with E-state index in [0.29, 0.717) is 13.1 Å². The summed E-state index contributed by atoms with van der Waals surface area (Å²) in [6.45, 7) is 5.85. The van der Waals surface area contributed by atoms with Crippen LogP contribution in [0.1, 0.15) is 33.1 Å². The predicted octanol–water partition coefficient (Wildman–Crippen LogP) is 0.467. The molecule has 1 aliphatic heterocycles. The second-order valence-electron chi connectivity index (χ2n) is 5.15. The van der Waals surface area contributed by atoms with Crippen molar-refractivity contribution in [2.45, 2.75) is 45.3 Å². The highest BCUT2D eigenvalue weighted by molar-refractivity contribution is 5.78. The first-order chi connectivity index (χ1) is 8.99. The molecular weight excluding hydrogens is 248 g/mol. The fourth-order valence-corrected chi connectivity index (χ4v) is 2.03. The van der Waals surface area contributed by atoms with Crippen molar-refractivity contribution < 1.29 is 19.4 Å². The van der Waals surface area contributed by atoms with Crippen LogP contribution in [0.3, 0.4) is 0 Å². The summed E-state index contributed by atoms with van der Waals surface area (Å²) in [5.74, 6) is -0.917. The number of carboxylic acid groups (broad SMARTS) is 1. The summed E-state index contributed by atoms with van der Waals surface area (Å²) in [5, 5.41) is 11.5. The number of rotatable bonds is 8. The van der Waals surface area contributed by atoms with Gasteiger partial charge in [-0.25, -0.2) is 0 Å². The van der Waals surface area contributed by atoms with Gasteiger partial charge in [0, 0.05) is 25.7 Å². The number of ether oxygens (including phenoxy) is 1. The summed E-state index contributed by atoms with van der Waals surface area (Å²) in [6, 6.07) is 0.146. The van der Waals surface area contributed by atoms with Crippen LogP contribution in [0.2, 0.25) is 0 Å². The van der Waals surface area contributed by atoms with Crippen molar-refractivity contribution in [1.82, 2.24) is 10.2 Å². The first-order valence-corrected chi connectivity index (χ1v) is 6.83. The topological polar surface area (TPSA) is 78.9 Å². The van der Waals surface area contributed by atoms with Gasteiger partial charge < -0.3 is 15.2 Å². The molecule has 6 nitrogen and oxygen atoms in total. The zero-order valence-electron chi connectivity index (χ0n) is 11.7. The Labute approximate surface area is 114 Å². The number of hydrogen-bond acceptors (Lipinski definition) is 4. The van der Waals surface area contributed by atoms with E-state index < -0.39 is 5.97 Å². The van der Waals surface area contributed by atoms with Gasteiger partial charge in [-0.2, -0.15) is 0 Å². The van der Waals surface area contributed by atoms with Crippen LogP contribution in [0.5, 0.6) is 0 Å². The quantitative estimate of drug-likeness (QED) is 0.671. The highest BCUT2D eigenvalue weighted by Gasteiger charge is 2.18. The standard InChI is InChI=1S/C13H24N2O4/c1-10(2)15(6-5-13(17)18)9-12(16)14-8-11-4-3-7-19-11/h10-11H,3-9H2,1-2H3,(H,14,16)(H,17,18). The Hall–Kier alpha value is -1.14. The summed E-state index contributed by atoms with van der Waals surface area (Å²) in [5.41, 5.74) is 0. The highest BCUT2D eigenvalue weighted by atomic mass is 16.5. The summed E-state index contributed by atoms with van der Waals surface area (Å²) >= 11 is 0. The molecule has 0 bridgehead atoms. The SMILES string of the molecule is CC(C)N(CCC(=O)O)CC(=O)NCC1CCCO1. The molecule has 1 rings (SSSR count). The molecule has 0 aromatic carbocycles. The largest absolute Gasteiger partial charge is 0.481 e. The number of carboxylic acids is 1. The lowest BCUT2D eigenvalue weighted by atomic mass is 10.2. The first-order valence-electron chi connectivity index (χ1n) is 6.83. The van der Waals surface area contributed by atoms with Crippen LogP contribution in [0.25, 0.3) is 0 Å². The molecule has 19 heavy (non-hydrogen) atoms. The molecule has 0 radical (unpaired) electrons. The second-order valence-corrected chi connectivity index (χ2v) is 5.15. The molecule has 6 heteroatoms. The van der Waals surface area contributed by atoms with Gasteiger partial charge >= 0.3 is 5.97 Å². The van der Waals surface area contributed by atoms with Gasteiger partial charge in [-0.3, -0.25) is 14.5 Å². The van der Waals surface area contributed by atoms with E-state index in [2.05, 4.69) is 5.32 Å². The third kappa shape index (κ3) is 6.54. The van der Waals surface area contributed by atoms with Crippen molar-refractivity contribution in [3.8, 4) is 0 Å². The van der Waals surface area contributed by atoms with Gasteiger partial charge in [-0.05, 0) is 26.7 Å². The van der Waals surface area contributed by atoms with Crippen molar-refractivity contribution in [2.75, 3.05) is 26.2 Å². The molecule has 0 aliphatic carbocycles. The maximum absolute atomic E-state index is 11.8. The number of carbonyl (C=O) groups is 2. The number of carbonyl (C=O) groups excluding carboxylic acids is 1. The average Bonchev–Trinajstić information content (AvgIpc) is 2.84. The molecule has 2 N–H and O–H groups in total.